The van der Waals surface area contributed by atoms with Gasteiger partial charge >= 0.3 is 0 Å². The van der Waals surface area contributed by atoms with E-state index in [1.165, 1.54) is 6.33 Å². The Morgan fingerprint density at radius 3 is 2.87 bits per heavy atom. The highest BCUT2D eigenvalue weighted by atomic mass is 35.5. The molecule has 3 aromatic rings. The van der Waals surface area contributed by atoms with Crippen LogP contribution in [-0.2, 0) is 0 Å². The Balaban J connectivity index is 1.62. The second kappa shape index (κ2) is 9.14. The van der Waals surface area contributed by atoms with Gasteiger partial charge in [-0.25, -0.2) is 9.97 Å². The maximum absolute atomic E-state index is 9.39. The number of aliphatic imine (C=N–C) groups is 1. The Hall–Kier alpha value is -3.44. The molecule has 0 spiro atoms. The number of hydrogen-bond donors (Lipinski definition) is 1. The van der Waals surface area contributed by atoms with Crippen molar-refractivity contribution in [1.29, 1.82) is 5.26 Å². The number of nitrogens with one attached hydrogen (secondary N) is 1. The van der Waals surface area contributed by atoms with Gasteiger partial charge in [0.2, 0.25) is 12.2 Å². The van der Waals surface area contributed by atoms with Gasteiger partial charge in [0, 0.05) is 37.3 Å². The average molecular weight is 435 g/mol. The minimum absolute atomic E-state index is 0.121. The number of halogens is 1. The number of hydrogen-bond acceptors (Lipinski definition) is 6. The van der Waals surface area contributed by atoms with Crippen LogP contribution >= 0.6 is 11.6 Å². The number of benzene rings is 1. The number of piperazine rings is 1. The fourth-order valence-corrected chi connectivity index (χ4v) is 4.03. The minimum Gasteiger partial charge on any atom is -0.353 e. The number of pyridine rings is 1. The molecular weight excluding hydrogens is 412 g/mol. The van der Waals surface area contributed by atoms with Gasteiger partial charge in [-0.15, -0.1) is 4.99 Å². The lowest BCUT2D eigenvalue weighted by molar-refractivity contribution is 0.224. The van der Waals surface area contributed by atoms with Crippen LogP contribution in [0.2, 0.25) is 5.15 Å². The number of rotatable bonds is 3. The first kappa shape index (κ1) is 20.8. The highest BCUT2D eigenvalue weighted by Crippen LogP contribution is 2.26. The van der Waals surface area contributed by atoms with Crippen LogP contribution in [0.5, 0.6) is 0 Å². The van der Waals surface area contributed by atoms with Crippen molar-refractivity contribution < 1.29 is 0 Å². The first-order valence-electron chi connectivity index (χ1n) is 10.1. The van der Waals surface area contributed by atoms with Gasteiger partial charge in [0.15, 0.2) is 0 Å². The predicted octanol–water partition coefficient (Wildman–Crippen LogP) is 3.77. The van der Waals surface area contributed by atoms with Crippen LogP contribution in [0.15, 0.2) is 53.9 Å². The molecule has 0 aliphatic carbocycles. The minimum atomic E-state index is 0.121. The Morgan fingerprint density at radius 2 is 2.10 bits per heavy atom. The molecule has 1 aromatic carbocycles. The number of aromatic nitrogens is 3. The summed E-state index contributed by atoms with van der Waals surface area (Å²) in [5.41, 5.74) is 1.75. The molecule has 0 bridgehead atoms. The molecule has 1 fully saturated rings. The molecule has 158 valence electrons. The molecule has 1 unspecified atom stereocenters. The van der Waals surface area contributed by atoms with E-state index in [0.717, 1.165) is 35.5 Å². The Labute approximate surface area is 186 Å². The summed E-state index contributed by atoms with van der Waals surface area (Å²) in [7, 11) is 0. The van der Waals surface area contributed by atoms with Crippen LogP contribution < -0.4 is 10.2 Å². The number of anilines is 2. The zero-order chi connectivity index (χ0) is 21.8. The van der Waals surface area contributed by atoms with Crippen LogP contribution in [0.4, 0.5) is 11.5 Å². The van der Waals surface area contributed by atoms with Gasteiger partial charge in [-0.1, -0.05) is 31.5 Å². The van der Waals surface area contributed by atoms with E-state index in [1.807, 2.05) is 36.5 Å². The molecule has 31 heavy (non-hydrogen) atoms. The first-order valence-corrected chi connectivity index (χ1v) is 10.5. The SMILES string of the molecule is CC(C)C1CN(c2cc(Cl)ncn2)CCN1/C(=N\C#N)Nc1cccc2ncccc12. The molecule has 4 rings (SSSR count). The molecule has 1 aliphatic rings. The summed E-state index contributed by atoms with van der Waals surface area (Å²) in [5.74, 6) is 1.66. The molecule has 3 heterocycles. The molecule has 0 saturated carbocycles. The van der Waals surface area contributed by atoms with Gasteiger partial charge in [-0.2, -0.15) is 5.26 Å². The van der Waals surface area contributed by atoms with Crippen LogP contribution in [0.1, 0.15) is 13.8 Å². The molecule has 8 nitrogen and oxygen atoms in total. The maximum atomic E-state index is 9.39. The third-order valence-electron chi connectivity index (χ3n) is 5.45. The van der Waals surface area contributed by atoms with Crippen molar-refractivity contribution in [3.8, 4) is 6.19 Å². The smallest absolute Gasteiger partial charge is 0.214 e. The third kappa shape index (κ3) is 4.52. The first-order chi connectivity index (χ1) is 15.1. The lowest BCUT2D eigenvalue weighted by Crippen LogP contribution is -2.58. The fourth-order valence-electron chi connectivity index (χ4n) is 3.89. The van der Waals surface area contributed by atoms with Crippen LogP contribution in [0, 0.1) is 17.4 Å². The van der Waals surface area contributed by atoms with Gasteiger partial charge in [0.05, 0.1) is 17.2 Å². The van der Waals surface area contributed by atoms with Crippen molar-refractivity contribution in [2.45, 2.75) is 19.9 Å². The van der Waals surface area contributed by atoms with Crippen molar-refractivity contribution in [3.63, 3.8) is 0 Å². The molecule has 0 radical (unpaired) electrons. The summed E-state index contributed by atoms with van der Waals surface area (Å²) in [4.78, 5) is 21.3. The summed E-state index contributed by atoms with van der Waals surface area (Å²) >= 11 is 6.06. The molecule has 0 amide bonds. The van der Waals surface area contributed by atoms with E-state index in [-0.39, 0.29) is 6.04 Å². The van der Waals surface area contributed by atoms with Gasteiger partial charge in [-0.3, -0.25) is 4.98 Å². The van der Waals surface area contributed by atoms with Crippen LogP contribution in [0.3, 0.4) is 0 Å². The highest BCUT2D eigenvalue weighted by molar-refractivity contribution is 6.29. The van der Waals surface area contributed by atoms with Crippen molar-refractivity contribution >= 4 is 40.0 Å². The second-order valence-electron chi connectivity index (χ2n) is 7.69. The average Bonchev–Trinajstić information content (AvgIpc) is 2.78. The summed E-state index contributed by atoms with van der Waals surface area (Å²) in [6.07, 6.45) is 5.21. The van der Waals surface area contributed by atoms with E-state index in [9.17, 15) is 5.26 Å². The van der Waals surface area contributed by atoms with Crippen molar-refractivity contribution in [2.75, 3.05) is 29.9 Å². The molecule has 1 atom stereocenters. The summed E-state index contributed by atoms with van der Waals surface area (Å²) < 4.78 is 0. The number of nitriles is 1. The van der Waals surface area contributed by atoms with Gasteiger partial charge in [-0.05, 0) is 30.2 Å². The van der Waals surface area contributed by atoms with Crippen molar-refractivity contribution in [3.05, 3.63) is 54.1 Å². The lowest BCUT2D eigenvalue weighted by atomic mass is 9.99. The Bertz CT molecular complexity index is 1130. The Kier molecular flexibility index (Phi) is 6.14. The third-order valence-corrected chi connectivity index (χ3v) is 5.66. The standard InChI is InChI=1S/C22H23ClN8/c1-15(2)19-12-30(21-11-20(23)27-14-28-21)9-10-31(19)22(26-13-24)29-18-7-3-6-17-16(18)5-4-8-25-17/h3-8,11,14-15,19H,9-10,12H2,1-2H3,(H,26,29). The van der Waals surface area contributed by atoms with E-state index in [4.69, 9.17) is 11.6 Å². The number of fused-ring (bicyclic) bond motifs is 1. The second-order valence-corrected chi connectivity index (χ2v) is 8.07. The number of nitrogens with zero attached hydrogens (tertiary/aromatic N) is 7. The van der Waals surface area contributed by atoms with Crippen LogP contribution in [-0.4, -0.2) is 51.5 Å². The normalized spacial score (nSPS) is 17.1. The van der Waals surface area contributed by atoms with Gasteiger partial charge in [0.1, 0.15) is 17.3 Å². The number of guanidine groups is 1. The summed E-state index contributed by atoms with van der Waals surface area (Å²) in [6.45, 7) is 6.47. The van der Waals surface area contributed by atoms with E-state index in [2.05, 4.69) is 48.9 Å². The van der Waals surface area contributed by atoms with E-state index in [0.29, 0.717) is 23.6 Å². The van der Waals surface area contributed by atoms with E-state index >= 15 is 0 Å². The molecule has 1 saturated heterocycles. The van der Waals surface area contributed by atoms with Crippen LogP contribution in [0.25, 0.3) is 10.9 Å². The maximum Gasteiger partial charge on any atom is 0.214 e. The molecule has 1 N–H and O–H groups in total. The quantitative estimate of drug-likeness (QED) is 0.290. The van der Waals surface area contributed by atoms with E-state index < -0.39 is 0 Å². The van der Waals surface area contributed by atoms with Crippen molar-refractivity contribution in [2.24, 2.45) is 10.9 Å². The van der Waals surface area contributed by atoms with E-state index in [1.54, 1.807) is 12.3 Å². The van der Waals surface area contributed by atoms with Crippen molar-refractivity contribution in [1.82, 2.24) is 19.9 Å². The lowest BCUT2D eigenvalue weighted by Gasteiger charge is -2.45. The zero-order valence-corrected chi connectivity index (χ0v) is 18.2. The highest BCUT2D eigenvalue weighted by Gasteiger charge is 2.32. The van der Waals surface area contributed by atoms with Gasteiger partial charge < -0.3 is 15.1 Å². The molecule has 1 aliphatic heterocycles. The topological polar surface area (TPSA) is 93.3 Å². The summed E-state index contributed by atoms with van der Waals surface area (Å²) in [5, 5.41) is 14.2. The Morgan fingerprint density at radius 1 is 1.23 bits per heavy atom. The molecule has 2 aromatic heterocycles. The largest absolute Gasteiger partial charge is 0.353 e. The molecular formula is C22H23ClN8. The monoisotopic (exact) mass is 434 g/mol. The molecule has 9 heteroatoms. The zero-order valence-electron chi connectivity index (χ0n) is 17.4. The summed E-state index contributed by atoms with van der Waals surface area (Å²) in [6, 6.07) is 11.7. The fraction of sp³-hybridized carbons (Fsp3) is 0.318. The van der Waals surface area contributed by atoms with Gasteiger partial charge in [0.25, 0.3) is 0 Å². The predicted molar refractivity (Wildman–Crippen MR) is 123 cm³/mol.